The van der Waals surface area contributed by atoms with Crippen LogP contribution in [0.15, 0.2) is 42.9 Å². The van der Waals surface area contributed by atoms with Crippen molar-refractivity contribution in [2.24, 2.45) is 0 Å². The van der Waals surface area contributed by atoms with E-state index < -0.39 is 0 Å². The molecule has 0 saturated heterocycles. The first-order valence-corrected chi connectivity index (χ1v) is 6.12. The van der Waals surface area contributed by atoms with Crippen LogP contribution in [0, 0.1) is 0 Å². The molecule has 1 aromatic carbocycles. The van der Waals surface area contributed by atoms with Gasteiger partial charge in [-0.15, -0.1) is 0 Å². The third kappa shape index (κ3) is 1.91. The Bertz CT molecular complexity index is 672. The maximum Gasteiger partial charge on any atom is 0.279 e. The van der Waals surface area contributed by atoms with Crippen molar-refractivity contribution in [2.75, 3.05) is 23.4 Å². The van der Waals surface area contributed by atoms with Crippen LogP contribution in [-0.4, -0.2) is 35.4 Å². The Balaban J connectivity index is 2.05. The predicted octanol–water partition coefficient (Wildman–Crippen LogP) is 1.10. The zero-order valence-electron chi connectivity index (χ0n) is 10.9. The lowest BCUT2D eigenvalue weighted by molar-refractivity contribution is -0.117. The van der Waals surface area contributed by atoms with Crippen LogP contribution in [0.3, 0.4) is 0 Å². The fourth-order valence-corrected chi connectivity index (χ4v) is 2.17. The third-order valence-electron chi connectivity index (χ3n) is 3.23. The van der Waals surface area contributed by atoms with Gasteiger partial charge in [-0.1, -0.05) is 12.1 Å². The largest absolute Gasteiger partial charge is 0.312 e. The van der Waals surface area contributed by atoms with Crippen molar-refractivity contribution in [3.8, 4) is 0 Å². The van der Waals surface area contributed by atoms with E-state index in [1.54, 1.807) is 11.9 Å². The monoisotopic (exact) mass is 268 g/mol. The lowest BCUT2D eigenvalue weighted by atomic mass is 10.1. The molecule has 6 heteroatoms. The van der Waals surface area contributed by atoms with E-state index in [0.29, 0.717) is 11.4 Å². The van der Waals surface area contributed by atoms with E-state index in [0.717, 1.165) is 0 Å². The van der Waals surface area contributed by atoms with Gasteiger partial charge >= 0.3 is 0 Å². The summed E-state index contributed by atoms with van der Waals surface area (Å²) in [5.41, 5.74) is 1.63. The fourth-order valence-electron chi connectivity index (χ4n) is 2.17. The third-order valence-corrected chi connectivity index (χ3v) is 3.23. The average molecular weight is 268 g/mol. The molecule has 2 amide bonds. The maximum absolute atomic E-state index is 12.5. The molecule has 0 saturated carbocycles. The van der Waals surface area contributed by atoms with Gasteiger partial charge in [-0.2, -0.15) is 0 Å². The highest BCUT2D eigenvalue weighted by Crippen LogP contribution is 2.32. The molecule has 0 aliphatic carbocycles. The summed E-state index contributed by atoms with van der Waals surface area (Å²) in [6.45, 7) is 0.00290. The molecule has 1 aromatic heterocycles. The summed E-state index contributed by atoms with van der Waals surface area (Å²) in [4.78, 5) is 35.3. The van der Waals surface area contributed by atoms with E-state index in [1.165, 1.54) is 23.5 Å². The Morgan fingerprint density at radius 3 is 2.65 bits per heavy atom. The van der Waals surface area contributed by atoms with Gasteiger partial charge < -0.3 is 4.90 Å². The maximum atomic E-state index is 12.5. The molecule has 2 aromatic rings. The van der Waals surface area contributed by atoms with Crippen molar-refractivity contribution >= 4 is 23.2 Å². The lowest BCUT2D eigenvalue weighted by Gasteiger charge is -2.33. The second-order valence-corrected chi connectivity index (χ2v) is 4.42. The molecular weight excluding hydrogens is 256 g/mol. The van der Waals surface area contributed by atoms with Gasteiger partial charge in [-0.05, 0) is 12.1 Å². The summed E-state index contributed by atoms with van der Waals surface area (Å²) in [5, 5.41) is 0. The molecule has 0 spiro atoms. The molecular formula is C14H12N4O2. The number of hydrogen-bond acceptors (Lipinski definition) is 4. The number of anilines is 2. The fraction of sp³-hybridized carbons (Fsp3) is 0.143. The Morgan fingerprint density at radius 2 is 1.95 bits per heavy atom. The normalized spacial score (nSPS) is 14.2. The van der Waals surface area contributed by atoms with E-state index in [4.69, 9.17) is 0 Å². The molecule has 1 aliphatic heterocycles. The van der Waals surface area contributed by atoms with E-state index in [2.05, 4.69) is 9.97 Å². The van der Waals surface area contributed by atoms with Crippen LogP contribution < -0.4 is 9.80 Å². The lowest BCUT2D eigenvalue weighted by Crippen LogP contribution is -2.46. The summed E-state index contributed by atoms with van der Waals surface area (Å²) < 4.78 is 0. The Hall–Kier alpha value is -2.76. The van der Waals surface area contributed by atoms with Crippen LogP contribution in [0.1, 0.15) is 10.5 Å². The van der Waals surface area contributed by atoms with Crippen LogP contribution in [0.2, 0.25) is 0 Å². The first-order chi connectivity index (χ1) is 9.68. The predicted molar refractivity (Wildman–Crippen MR) is 73.6 cm³/mol. The van der Waals surface area contributed by atoms with Gasteiger partial charge in [-0.25, -0.2) is 4.98 Å². The Kier molecular flexibility index (Phi) is 2.90. The first kappa shape index (κ1) is 12.3. The van der Waals surface area contributed by atoms with Gasteiger partial charge in [0.1, 0.15) is 12.2 Å². The summed E-state index contributed by atoms with van der Waals surface area (Å²) in [6.07, 6.45) is 4.35. The molecule has 1 aliphatic rings. The van der Waals surface area contributed by atoms with Crippen molar-refractivity contribution in [2.45, 2.75) is 0 Å². The van der Waals surface area contributed by atoms with Gasteiger partial charge in [0, 0.05) is 19.4 Å². The number of fused-ring (bicyclic) bond motifs is 1. The van der Waals surface area contributed by atoms with Crippen molar-refractivity contribution in [3.63, 3.8) is 0 Å². The number of carbonyl (C=O) groups excluding carboxylic acids is 2. The molecule has 0 N–H and O–H groups in total. The number of hydrogen-bond donors (Lipinski definition) is 0. The Labute approximate surface area is 115 Å². The van der Waals surface area contributed by atoms with E-state index in [9.17, 15) is 9.59 Å². The molecule has 100 valence electrons. The van der Waals surface area contributed by atoms with Crippen molar-refractivity contribution in [1.29, 1.82) is 0 Å². The molecule has 2 heterocycles. The minimum absolute atomic E-state index is 0.00290. The van der Waals surface area contributed by atoms with Gasteiger partial charge in [0.25, 0.3) is 5.91 Å². The molecule has 0 unspecified atom stereocenters. The summed E-state index contributed by atoms with van der Waals surface area (Å²) >= 11 is 0. The standard InChI is InChI=1S/C14H12N4O2/c1-17-11-4-2-3-5-12(11)18(9-13(17)19)14(20)10-8-15-6-7-16-10/h2-8H,9H2,1H3. The van der Waals surface area contributed by atoms with Gasteiger partial charge in [0.05, 0.1) is 17.6 Å². The van der Waals surface area contributed by atoms with Crippen molar-refractivity contribution < 1.29 is 9.59 Å². The van der Waals surface area contributed by atoms with E-state index >= 15 is 0 Å². The van der Waals surface area contributed by atoms with Crippen molar-refractivity contribution in [3.05, 3.63) is 48.5 Å². The second kappa shape index (κ2) is 4.73. The number of nitrogens with zero attached hydrogens (tertiary/aromatic N) is 4. The molecule has 0 radical (unpaired) electrons. The molecule has 3 rings (SSSR count). The number of benzene rings is 1. The number of aromatic nitrogens is 2. The highest BCUT2D eigenvalue weighted by molar-refractivity contribution is 6.14. The number of rotatable bonds is 1. The smallest absolute Gasteiger partial charge is 0.279 e. The minimum atomic E-state index is -0.327. The zero-order chi connectivity index (χ0) is 14.1. The van der Waals surface area contributed by atoms with Gasteiger partial charge in [0.15, 0.2) is 0 Å². The van der Waals surface area contributed by atoms with E-state index in [1.807, 2.05) is 24.3 Å². The number of amides is 2. The van der Waals surface area contributed by atoms with Crippen LogP contribution in [-0.2, 0) is 4.79 Å². The summed E-state index contributed by atoms with van der Waals surface area (Å²) in [5.74, 6) is -0.465. The summed E-state index contributed by atoms with van der Waals surface area (Å²) in [6, 6.07) is 7.29. The first-order valence-electron chi connectivity index (χ1n) is 6.12. The second-order valence-electron chi connectivity index (χ2n) is 4.42. The van der Waals surface area contributed by atoms with Crippen LogP contribution in [0.5, 0.6) is 0 Å². The topological polar surface area (TPSA) is 66.4 Å². The number of para-hydroxylation sites is 2. The average Bonchev–Trinajstić information content (AvgIpc) is 2.51. The van der Waals surface area contributed by atoms with E-state index in [-0.39, 0.29) is 24.1 Å². The van der Waals surface area contributed by atoms with Crippen molar-refractivity contribution in [1.82, 2.24) is 9.97 Å². The molecule has 6 nitrogen and oxygen atoms in total. The molecule has 0 fully saturated rings. The van der Waals surface area contributed by atoms with Crippen LogP contribution in [0.4, 0.5) is 11.4 Å². The highest BCUT2D eigenvalue weighted by Gasteiger charge is 2.31. The van der Waals surface area contributed by atoms with Crippen LogP contribution in [0.25, 0.3) is 0 Å². The molecule has 0 atom stereocenters. The SMILES string of the molecule is CN1C(=O)CN(C(=O)c2cnccn2)c2ccccc21. The molecule has 0 bridgehead atoms. The quantitative estimate of drug-likeness (QED) is 0.776. The molecule has 20 heavy (non-hydrogen) atoms. The van der Waals surface area contributed by atoms with Gasteiger partial charge in [-0.3, -0.25) is 19.5 Å². The highest BCUT2D eigenvalue weighted by atomic mass is 16.2. The number of carbonyl (C=O) groups is 2. The Morgan fingerprint density at radius 1 is 1.20 bits per heavy atom. The van der Waals surface area contributed by atoms with Crippen LogP contribution >= 0.6 is 0 Å². The van der Waals surface area contributed by atoms with Gasteiger partial charge in [0.2, 0.25) is 5.91 Å². The number of likely N-dealkylation sites (N-methyl/N-ethyl adjacent to an activating group) is 1. The zero-order valence-corrected chi connectivity index (χ0v) is 10.9. The summed E-state index contributed by atoms with van der Waals surface area (Å²) in [7, 11) is 1.70. The minimum Gasteiger partial charge on any atom is -0.312 e.